The van der Waals surface area contributed by atoms with E-state index in [9.17, 15) is 8.42 Å². The van der Waals surface area contributed by atoms with E-state index < -0.39 is 15.4 Å². The van der Waals surface area contributed by atoms with Gasteiger partial charge in [0.05, 0.1) is 6.33 Å². The number of aryl methyl sites for hydroxylation is 1. The molecule has 118 valence electrons. The molecule has 2 rings (SSSR count). The second kappa shape index (κ2) is 5.64. The third kappa shape index (κ3) is 2.88. The quantitative estimate of drug-likeness (QED) is 0.362. The first-order valence-electron chi connectivity index (χ1n) is 6.83. The van der Waals surface area contributed by atoms with Gasteiger partial charge in [0.25, 0.3) is 10.0 Å². The maximum Gasteiger partial charge on any atom is 0.262 e. The Morgan fingerprint density at radius 3 is 2.62 bits per heavy atom. The summed E-state index contributed by atoms with van der Waals surface area (Å²) in [5.74, 6) is 0.148. The molecule has 1 aliphatic heterocycles. The van der Waals surface area contributed by atoms with Gasteiger partial charge in [-0.3, -0.25) is 0 Å². The van der Waals surface area contributed by atoms with Crippen LogP contribution in [0.5, 0.6) is 0 Å². The van der Waals surface area contributed by atoms with Crippen molar-refractivity contribution in [2.75, 3.05) is 13.1 Å². The maximum atomic E-state index is 12.5. The number of imidazole rings is 1. The summed E-state index contributed by atoms with van der Waals surface area (Å²) in [6.07, 6.45) is 4.07. The molecule has 0 bridgehead atoms. The van der Waals surface area contributed by atoms with Crippen molar-refractivity contribution in [1.82, 2.24) is 13.9 Å². The second-order valence-corrected chi connectivity index (χ2v) is 7.38. The molecule has 2 heterocycles. The lowest BCUT2D eigenvalue weighted by Crippen LogP contribution is -2.47. The lowest BCUT2D eigenvalue weighted by molar-refractivity contribution is 0.229. The van der Waals surface area contributed by atoms with Crippen molar-refractivity contribution in [3.05, 3.63) is 12.5 Å². The predicted octanol–water partition coefficient (Wildman–Crippen LogP) is 0.440. The molecule has 0 unspecified atom stereocenters. The smallest absolute Gasteiger partial charge is 0.262 e. The summed E-state index contributed by atoms with van der Waals surface area (Å²) in [4.78, 5) is 3.97. The summed E-state index contributed by atoms with van der Waals surface area (Å²) in [6, 6.07) is 0. The molecule has 0 amide bonds. The van der Waals surface area contributed by atoms with Crippen LogP contribution in [-0.4, -0.2) is 46.4 Å². The fourth-order valence-corrected chi connectivity index (χ4v) is 3.75. The molecule has 1 aromatic heterocycles. The molecule has 0 radical (unpaired) electrons. The van der Waals surface area contributed by atoms with E-state index in [-0.39, 0.29) is 10.9 Å². The van der Waals surface area contributed by atoms with Gasteiger partial charge in [0, 0.05) is 31.2 Å². The van der Waals surface area contributed by atoms with Crippen LogP contribution in [-0.2, 0) is 16.6 Å². The van der Waals surface area contributed by atoms with Crippen molar-refractivity contribution in [3.8, 4) is 0 Å². The Balaban J connectivity index is 2.14. The van der Waals surface area contributed by atoms with Gasteiger partial charge in [-0.2, -0.15) is 4.31 Å². The largest absolute Gasteiger partial charge is 0.409 e. The topological polar surface area (TPSA) is 114 Å². The van der Waals surface area contributed by atoms with Crippen molar-refractivity contribution >= 4 is 15.9 Å². The molecular weight excluding hydrogens is 294 g/mol. The van der Waals surface area contributed by atoms with Gasteiger partial charge in [-0.15, -0.1) is 0 Å². The Labute approximate surface area is 124 Å². The first kappa shape index (κ1) is 15.8. The van der Waals surface area contributed by atoms with Gasteiger partial charge in [0.2, 0.25) is 0 Å². The van der Waals surface area contributed by atoms with Crippen LogP contribution in [0.15, 0.2) is 22.7 Å². The van der Waals surface area contributed by atoms with Gasteiger partial charge < -0.3 is 15.5 Å². The zero-order chi connectivity index (χ0) is 15.7. The average Bonchev–Trinajstić information content (AvgIpc) is 2.96. The highest BCUT2D eigenvalue weighted by molar-refractivity contribution is 7.89. The number of piperidine rings is 1. The van der Waals surface area contributed by atoms with Gasteiger partial charge in [-0.25, -0.2) is 13.4 Å². The van der Waals surface area contributed by atoms with E-state index in [2.05, 4.69) is 10.1 Å². The number of nitrogens with two attached hydrogens (primary N) is 1. The van der Waals surface area contributed by atoms with Gasteiger partial charge in [0.1, 0.15) is 5.84 Å². The Kier molecular flexibility index (Phi) is 4.24. The molecule has 3 N–H and O–H groups in total. The molecule has 0 aromatic carbocycles. The highest BCUT2D eigenvalue weighted by Gasteiger charge is 2.38. The molecule has 1 aliphatic rings. The van der Waals surface area contributed by atoms with Crippen LogP contribution < -0.4 is 5.73 Å². The Morgan fingerprint density at radius 1 is 1.52 bits per heavy atom. The Morgan fingerprint density at radius 2 is 2.14 bits per heavy atom. The Bertz CT molecular complexity index is 629. The molecular formula is C12H21N5O3S. The van der Waals surface area contributed by atoms with Crippen molar-refractivity contribution < 1.29 is 13.6 Å². The monoisotopic (exact) mass is 315 g/mol. The molecule has 21 heavy (non-hydrogen) atoms. The number of hydrogen-bond acceptors (Lipinski definition) is 5. The first-order chi connectivity index (χ1) is 9.83. The van der Waals surface area contributed by atoms with Gasteiger partial charge in [-0.1, -0.05) is 12.1 Å². The van der Waals surface area contributed by atoms with Crippen LogP contribution in [0.25, 0.3) is 0 Å². The number of sulfonamides is 1. The van der Waals surface area contributed by atoms with Gasteiger partial charge in [0.15, 0.2) is 5.03 Å². The lowest BCUT2D eigenvalue weighted by atomic mass is 9.80. The molecule has 9 heteroatoms. The predicted molar refractivity (Wildman–Crippen MR) is 77.4 cm³/mol. The van der Waals surface area contributed by atoms with Crippen molar-refractivity contribution in [2.24, 2.45) is 16.3 Å². The minimum Gasteiger partial charge on any atom is -0.409 e. The summed E-state index contributed by atoms with van der Waals surface area (Å²) >= 11 is 0. The number of oxime groups is 1. The van der Waals surface area contributed by atoms with Crippen molar-refractivity contribution in [3.63, 3.8) is 0 Å². The van der Waals surface area contributed by atoms with Crippen LogP contribution in [0.2, 0.25) is 0 Å². The van der Waals surface area contributed by atoms with E-state index in [1.54, 1.807) is 4.57 Å². The van der Waals surface area contributed by atoms with Crippen LogP contribution in [0.3, 0.4) is 0 Å². The average molecular weight is 315 g/mol. The van der Waals surface area contributed by atoms with Crippen LogP contribution >= 0.6 is 0 Å². The van der Waals surface area contributed by atoms with E-state index in [0.29, 0.717) is 32.5 Å². The van der Waals surface area contributed by atoms with Crippen molar-refractivity contribution in [1.29, 1.82) is 0 Å². The zero-order valence-corrected chi connectivity index (χ0v) is 13.0. The zero-order valence-electron chi connectivity index (χ0n) is 12.2. The van der Waals surface area contributed by atoms with E-state index in [1.165, 1.54) is 16.8 Å². The van der Waals surface area contributed by atoms with Gasteiger partial charge >= 0.3 is 0 Å². The normalized spacial score (nSPS) is 20.6. The van der Waals surface area contributed by atoms with Crippen LogP contribution in [0.1, 0.15) is 26.7 Å². The summed E-state index contributed by atoms with van der Waals surface area (Å²) in [5, 5.41) is 11.9. The fourth-order valence-electron chi connectivity index (χ4n) is 2.37. The number of nitrogens with zero attached hydrogens (tertiary/aromatic N) is 4. The summed E-state index contributed by atoms with van der Waals surface area (Å²) < 4.78 is 28.1. The standard InChI is InChI=1S/C12H21N5O3S/c1-3-16-8-10(14-9-16)21(19,20)17-6-4-12(2,5-7-17)11(13)15-18/h8-9,18H,3-7H2,1-2H3,(H2,13,15). The fraction of sp³-hybridized carbons (Fsp3) is 0.667. The van der Waals surface area contributed by atoms with Gasteiger partial charge in [-0.05, 0) is 19.8 Å². The number of hydrogen-bond donors (Lipinski definition) is 2. The lowest BCUT2D eigenvalue weighted by Gasteiger charge is -2.37. The first-order valence-corrected chi connectivity index (χ1v) is 8.27. The SMILES string of the molecule is CCn1cnc(S(=O)(=O)N2CCC(C)(C(N)=NO)CC2)c1. The number of amidine groups is 1. The minimum absolute atomic E-state index is 0.0664. The molecule has 8 nitrogen and oxygen atoms in total. The van der Waals surface area contributed by atoms with Crippen molar-refractivity contribution in [2.45, 2.75) is 38.3 Å². The number of aromatic nitrogens is 2. The highest BCUT2D eigenvalue weighted by Crippen LogP contribution is 2.33. The second-order valence-electron chi connectivity index (χ2n) is 5.49. The molecule has 0 saturated carbocycles. The minimum atomic E-state index is -3.58. The Hall–Kier alpha value is -1.61. The summed E-state index contributed by atoms with van der Waals surface area (Å²) in [5.41, 5.74) is 5.22. The number of rotatable bonds is 4. The highest BCUT2D eigenvalue weighted by atomic mass is 32.2. The molecule has 0 atom stereocenters. The summed E-state index contributed by atoms with van der Waals surface area (Å²) in [6.45, 7) is 5.12. The molecule has 1 saturated heterocycles. The van der Waals surface area contributed by atoms with E-state index in [1.807, 2.05) is 13.8 Å². The molecule has 0 spiro atoms. The molecule has 1 fully saturated rings. The maximum absolute atomic E-state index is 12.5. The third-order valence-corrected chi connectivity index (χ3v) is 5.92. The molecule has 0 aliphatic carbocycles. The summed E-state index contributed by atoms with van der Waals surface area (Å²) in [7, 11) is -3.58. The van der Waals surface area contributed by atoms with E-state index in [4.69, 9.17) is 10.9 Å². The van der Waals surface area contributed by atoms with Crippen LogP contribution in [0, 0.1) is 5.41 Å². The van der Waals surface area contributed by atoms with Crippen LogP contribution in [0.4, 0.5) is 0 Å². The van der Waals surface area contributed by atoms with E-state index >= 15 is 0 Å². The van der Waals surface area contributed by atoms with E-state index in [0.717, 1.165) is 0 Å². The molecule has 1 aromatic rings. The third-order valence-electron chi connectivity index (χ3n) is 4.13.